The molecule has 3 aromatic heterocycles. The fourth-order valence-corrected chi connectivity index (χ4v) is 3.40. The van der Waals surface area contributed by atoms with Gasteiger partial charge in [0.2, 0.25) is 0 Å². The standard InChI is InChI=1S/C16H11F6N3O2S/c1-27-8-3-5-25-10(6-8)24-12(16(20,21)22)11(14(25)26)13-23-7-9(28-13)2-4-15(17,18)19/h3,5-7H,2,4H2,1H3. The molecule has 5 nitrogen and oxygen atoms in total. The summed E-state index contributed by atoms with van der Waals surface area (Å²) in [5.41, 5.74) is -3.58. The summed E-state index contributed by atoms with van der Waals surface area (Å²) >= 11 is 0.598. The summed E-state index contributed by atoms with van der Waals surface area (Å²) in [6.45, 7) is 0. The molecule has 0 unspecified atom stereocenters. The quantitative estimate of drug-likeness (QED) is 0.586. The van der Waals surface area contributed by atoms with Crippen molar-refractivity contribution in [2.24, 2.45) is 0 Å². The van der Waals surface area contributed by atoms with Crippen LogP contribution in [0.25, 0.3) is 16.2 Å². The smallest absolute Gasteiger partial charge is 0.434 e. The van der Waals surface area contributed by atoms with Gasteiger partial charge in [0.05, 0.1) is 7.11 Å². The Morgan fingerprint density at radius 1 is 1.21 bits per heavy atom. The average Bonchev–Trinajstić information content (AvgIpc) is 3.06. The zero-order valence-electron chi connectivity index (χ0n) is 14.1. The van der Waals surface area contributed by atoms with Crippen molar-refractivity contribution in [2.75, 3.05) is 7.11 Å². The first-order valence-corrected chi connectivity index (χ1v) is 8.50. The maximum Gasteiger partial charge on any atom is 0.434 e. The van der Waals surface area contributed by atoms with Gasteiger partial charge in [0.15, 0.2) is 5.69 Å². The largest absolute Gasteiger partial charge is 0.497 e. The van der Waals surface area contributed by atoms with Crippen LogP contribution in [0.3, 0.4) is 0 Å². The van der Waals surface area contributed by atoms with Crippen LogP contribution in [-0.4, -0.2) is 27.7 Å². The maximum absolute atomic E-state index is 13.5. The number of ether oxygens (including phenoxy) is 1. The van der Waals surface area contributed by atoms with Crippen LogP contribution >= 0.6 is 11.3 Å². The zero-order valence-corrected chi connectivity index (χ0v) is 14.9. The number of pyridine rings is 1. The molecule has 150 valence electrons. The molecule has 0 aromatic carbocycles. The van der Waals surface area contributed by atoms with Crippen LogP contribution < -0.4 is 10.3 Å². The number of methoxy groups -OCH3 is 1. The lowest BCUT2D eigenvalue weighted by atomic mass is 10.2. The highest BCUT2D eigenvalue weighted by Crippen LogP contribution is 2.36. The van der Waals surface area contributed by atoms with Gasteiger partial charge in [0.1, 0.15) is 22.0 Å². The number of aromatic nitrogens is 3. The molecular formula is C16H11F6N3O2S. The number of halogens is 6. The first kappa shape index (κ1) is 20.1. The SMILES string of the molecule is COc1ccn2c(=O)c(-c3ncc(CCC(F)(F)F)s3)c(C(F)(F)F)nc2c1. The minimum atomic E-state index is -4.97. The van der Waals surface area contributed by atoms with E-state index in [9.17, 15) is 31.1 Å². The van der Waals surface area contributed by atoms with Crippen LogP contribution in [0.4, 0.5) is 26.3 Å². The Morgan fingerprint density at radius 3 is 2.54 bits per heavy atom. The molecule has 0 bridgehead atoms. The third-order valence-corrected chi connectivity index (χ3v) is 4.80. The number of thiazole rings is 1. The number of fused-ring (bicyclic) bond motifs is 1. The molecule has 12 heteroatoms. The monoisotopic (exact) mass is 423 g/mol. The summed E-state index contributed by atoms with van der Waals surface area (Å²) in [7, 11) is 1.31. The van der Waals surface area contributed by atoms with Gasteiger partial charge < -0.3 is 4.74 Å². The Kier molecular flexibility index (Phi) is 5.08. The molecule has 0 fully saturated rings. The van der Waals surface area contributed by atoms with Crippen LogP contribution in [0.2, 0.25) is 0 Å². The van der Waals surface area contributed by atoms with Gasteiger partial charge in [-0.3, -0.25) is 9.20 Å². The fraction of sp³-hybridized carbons (Fsp3) is 0.312. The summed E-state index contributed by atoms with van der Waals surface area (Å²) in [6.07, 6.45) is -8.73. The zero-order chi connectivity index (χ0) is 20.7. The van der Waals surface area contributed by atoms with E-state index in [0.29, 0.717) is 11.3 Å². The highest BCUT2D eigenvalue weighted by atomic mass is 32.1. The van der Waals surface area contributed by atoms with E-state index in [1.54, 1.807) is 0 Å². The number of alkyl halides is 6. The second-order valence-corrected chi connectivity index (χ2v) is 6.80. The van der Waals surface area contributed by atoms with Gasteiger partial charge in [0, 0.05) is 29.8 Å². The van der Waals surface area contributed by atoms with E-state index in [-0.39, 0.29) is 21.3 Å². The van der Waals surface area contributed by atoms with Crippen molar-refractivity contribution in [3.8, 4) is 16.3 Å². The molecule has 0 atom stereocenters. The Bertz CT molecular complexity index is 1070. The fourth-order valence-electron chi connectivity index (χ4n) is 2.45. The lowest BCUT2D eigenvalue weighted by Gasteiger charge is -2.12. The molecule has 0 aliphatic carbocycles. The highest BCUT2D eigenvalue weighted by molar-refractivity contribution is 7.15. The van der Waals surface area contributed by atoms with Crippen LogP contribution in [0.5, 0.6) is 5.75 Å². The van der Waals surface area contributed by atoms with Gasteiger partial charge in [-0.1, -0.05) is 0 Å². The van der Waals surface area contributed by atoms with E-state index < -0.39 is 42.0 Å². The molecule has 0 saturated carbocycles. The Balaban J connectivity index is 2.16. The predicted molar refractivity (Wildman–Crippen MR) is 88.5 cm³/mol. The molecule has 0 radical (unpaired) electrons. The number of hydrogen-bond acceptors (Lipinski definition) is 5. The summed E-state index contributed by atoms with van der Waals surface area (Å²) < 4.78 is 83.4. The summed E-state index contributed by atoms with van der Waals surface area (Å²) in [5, 5.41) is -0.341. The Hall–Kier alpha value is -2.63. The third-order valence-electron chi connectivity index (χ3n) is 3.73. The molecule has 0 aliphatic heterocycles. The van der Waals surface area contributed by atoms with Gasteiger partial charge >= 0.3 is 12.4 Å². The number of hydrogen-bond donors (Lipinski definition) is 0. The van der Waals surface area contributed by atoms with E-state index >= 15 is 0 Å². The second-order valence-electron chi connectivity index (χ2n) is 5.68. The molecule has 0 spiro atoms. The lowest BCUT2D eigenvalue weighted by Crippen LogP contribution is -2.24. The minimum Gasteiger partial charge on any atom is -0.497 e. The molecule has 0 saturated heterocycles. The normalized spacial score (nSPS) is 12.5. The van der Waals surface area contributed by atoms with E-state index in [4.69, 9.17) is 4.74 Å². The number of aryl methyl sites for hydroxylation is 1. The third kappa shape index (κ3) is 4.11. The summed E-state index contributed by atoms with van der Waals surface area (Å²) in [6, 6.07) is 2.53. The highest BCUT2D eigenvalue weighted by Gasteiger charge is 2.39. The lowest BCUT2D eigenvalue weighted by molar-refractivity contribution is -0.140. The van der Waals surface area contributed by atoms with Crippen LogP contribution in [0.1, 0.15) is 17.0 Å². The van der Waals surface area contributed by atoms with Crippen molar-refractivity contribution in [3.05, 3.63) is 45.5 Å². The van der Waals surface area contributed by atoms with Gasteiger partial charge in [-0.2, -0.15) is 26.3 Å². The molecule has 3 aromatic rings. The van der Waals surface area contributed by atoms with Gasteiger partial charge in [0.25, 0.3) is 5.56 Å². The van der Waals surface area contributed by atoms with Crippen molar-refractivity contribution in [1.82, 2.24) is 14.4 Å². The van der Waals surface area contributed by atoms with Gasteiger partial charge in [-0.25, -0.2) is 9.97 Å². The van der Waals surface area contributed by atoms with Crippen molar-refractivity contribution in [1.29, 1.82) is 0 Å². The average molecular weight is 423 g/mol. The molecule has 3 heterocycles. The second kappa shape index (κ2) is 7.08. The first-order valence-electron chi connectivity index (χ1n) is 7.69. The Labute approximate surface area is 157 Å². The van der Waals surface area contributed by atoms with Crippen LogP contribution in [0.15, 0.2) is 29.3 Å². The van der Waals surface area contributed by atoms with Crippen molar-refractivity contribution < 1.29 is 31.1 Å². The predicted octanol–water partition coefficient (Wildman–Crippen LogP) is 4.34. The van der Waals surface area contributed by atoms with Crippen LogP contribution in [-0.2, 0) is 12.6 Å². The molecular weight excluding hydrogens is 412 g/mol. The molecule has 0 N–H and O–H groups in total. The molecule has 0 amide bonds. The first-order chi connectivity index (χ1) is 13.0. The Morgan fingerprint density at radius 2 is 1.93 bits per heavy atom. The van der Waals surface area contributed by atoms with Crippen LogP contribution in [0, 0.1) is 0 Å². The summed E-state index contributed by atoms with van der Waals surface area (Å²) in [4.78, 5) is 20.1. The van der Waals surface area contributed by atoms with Gasteiger partial charge in [-0.05, 0) is 12.5 Å². The molecule has 28 heavy (non-hydrogen) atoms. The number of rotatable bonds is 4. The van der Waals surface area contributed by atoms with Crippen molar-refractivity contribution >= 4 is 17.0 Å². The van der Waals surface area contributed by atoms with E-state index in [1.165, 1.54) is 19.4 Å². The topological polar surface area (TPSA) is 56.5 Å². The van der Waals surface area contributed by atoms with Crippen molar-refractivity contribution in [2.45, 2.75) is 25.2 Å². The van der Waals surface area contributed by atoms with E-state index in [0.717, 1.165) is 16.7 Å². The minimum absolute atomic E-state index is 0.111. The molecule has 3 rings (SSSR count). The van der Waals surface area contributed by atoms with E-state index in [2.05, 4.69) is 9.97 Å². The van der Waals surface area contributed by atoms with E-state index in [1.807, 2.05) is 0 Å². The summed E-state index contributed by atoms with van der Waals surface area (Å²) in [5.74, 6) is 0.205. The number of nitrogens with zero attached hydrogens (tertiary/aromatic N) is 3. The van der Waals surface area contributed by atoms with Crippen molar-refractivity contribution in [3.63, 3.8) is 0 Å². The maximum atomic E-state index is 13.5. The molecule has 0 aliphatic rings. The van der Waals surface area contributed by atoms with Gasteiger partial charge in [-0.15, -0.1) is 11.3 Å².